The molecule has 0 spiro atoms. The molecule has 0 radical (unpaired) electrons. The third-order valence-electron chi connectivity index (χ3n) is 11.5. The summed E-state index contributed by atoms with van der Waals surface area (Å²) in [5, 5.41) is 0.862. The number of halogens is 3. The van der Waals surface area contributed by atoms with Gasteiger partial charge in [-0.2, -0.15) is 9.97 Å². The largest absolute Gasteiger partial charge is 0.475 e. The molecular weight excluding hydrogens is 705 g/mol. The summed E-state index contributed by atoms with van der Waals surface area (Å²) < 4.78 is 77.2. The average molecular weight is 749 g/mol. The second-order valence-electron chi connectivity index (χ2n) is 16.1. The van der Waals surface area contributed by atoms with Crippen LogP contribution < -0.4 is 19.1 Å². The van der Waals surface area contributed by atoms with Gasteiger partial charge in [-0.05, 0) is 76.6 Å². The first-order valence-corrected chi connectivity index (χ1v) is 18.6. The Morgan fingerprint density at radius 1 is 1.06 bits per heavy atom. The van der Waals surface area contributed by atoms with Crippen LogP contribution in [-0.4, -0.2) is 113 Å². The van der Waals surface area contributed by atoms with Gasteiger partial charge in [-0.3, -0.25) is 9.80 Å². The quantitative estimate of drug-likeness (QED) is 0.196. The lowest BCUT2D eigenvalue weighted by molar-refractivity contribution is 0.00537. The van der Waals surface area contributed by atoms with Crippen LogP contribution in [0.25, 0.3) is 32.9 Å². The van der Waals surface area contributed by atoms with Crippen LogP contribution in [0.2, 0.25) is 0 Å². The molecule has 2 bridgehead atoms. The van der Waals surface area contributed by atoms with Gasteiger partial charge in [0.15, 0.2) is 12.6 Å². The predicted octanol–water partition coefficient (Wildman–Crippen LogP) is 6.41. The summed E-state index contributed by atoms with van der Waals surface area (Å²) in [5.74, 6) is -0.626. The van der Waals surface area contributed by atoms with Gasteiger partial charge in [0.1, 0.15) is 59.0 Å². The molecular formula is C39H43F3N6O6. The van der Waals surface area contributed by atoms with E-state index in [1.165, 1.54) is 19.2 Å². The Balaban J connectivity index is 1.19. The maximum absolute atomic E-state index is 17.4. The molecule has 286 valence electrons. The number of alkyl halides is 1. The number of hydrogen-bond acceptors (Lipinski definition) is 11. The number of pyridine rings is 1. The SMILES string of the molecule is COCOc1cc(-c2nc3c4c(nc(OC[C@@]56CCCN5C[C@@H](F)C6)nc4c2F)N2C[C@H]4CC[C@@H]([C@@H]2CO3)N4C(=O)OC(C)(C)C)c2c(F)cccc2c1. The number of carbonyl (C=O) groups is 1. The van der Waals surface area contributed by atoms with Crippen LogP contribution in [0, 0.1) is 11.6 Å². The fraction of sp³-hybridized carbons (Fsp3) is 0.538. The van der Waals surface area contributed by atoms with Gasteiger partial charge in [-0.15, -0.1) is 0 Å². The van der Waals surface area contributed by atoms with Crippen molar-refractivity contribution in [3.8, 4) is 28.9 Å². The molecule has 2 aromatic heterocycles. The van der Waals surface area contributed by atoms with E-state index < -0.39 is 41.1 Å². The van der Waals surface area contributed by atoms with E-state index in [4.69, 9.17) is 33.7 Å². The van der Waals surface area contributed by atoms with E-state index in [-0.39, 0.29) is 71.5 Å². The van der Waals surface area contributed by atoms with Gasteiger partial charge in [0.05, 0.1) is 23.7 Å². The van der Waals surface area contributed by atoms with Crippen molar-refractivity contribution in [2.24, 2.45) is 0 Å². The number of amides is 1. The fourth-order valence-corrected chi connectivity index (χ4v) is 9.31. The average Bonchev–Trinajstić information content (AvgIpc) is 3.73. The van der Waals surface area contributed by atoms with Gasteiger partial charge in [0.2, 0.25) is 5.88 Å². The van der Waals surface area contributed by atoms with Crippen molar-refractivity contribution in [1.82, 2.24) is 24.8 Å². The molecule has 4 aromatic rings. The van der Waals surface area contributed by atoms with Gasteiger partial charge in [-0.25, -0.2) is 22.9 Å². The Morgan fingerprint density at radius 3 is 2.72 bits per heavy atom. The zero-order chi connectivity index (χ0) is 37.5. The smallest absolute Gasteiger partial charge is 0.410 e. The van der Waals surface area contributed by atoms with Crippen molar-refractivity contribution in [3.63, 3.8) is 0 Å². The maximum atomic E-state index is 17.4. The van der Waals surface area contributed by atoms with E-state index in [1.807, 2.05) is 25.7 Å². The van der Waals surface area contributed by atoms with Crippen molar-refractivity contribution in [3.05, 3.63) is 42.0 Å². The van der Waals surface area contributed by atoms with Gasteiger partial charge in [0, 0.05) is 37.6 Å². The lowest BCUT2D eigenvalue weighted by Crippen LogP contribution is -2.63. The number of aromatic nitrogens is 3. The van der Waals surface area contributed by atoms with Crippen molar-refractivity contribution in [2.45, 2.75) is 88.3 Å². The number of fused-ring (bicyclic) bond motifs is 7. The topological polar surface area (TPSA) is 112 Å². The summed E-state index contributed by atoms with van der Waals surface area (Å²) >= 11 is 0. The van der Waals surface area contributed by atoms with E-state index in [9.17, 15) is 9.18 Å². The molecule has 12 nitrogen and oxygen atoms in total. The predicted molar refractivity (Wildman–Crippen MR) is 193 cm³/mol. The molecule has 15 heteroatoms. The van der Waals surface area contributed by atoms with E-state index in [1.54, 1.807) is 18.2 Å². The Morgan fingerprint density at radius 2 is 1.91 bits per heavy atom. The number of piperazine rings is 1. The molecule has 2 aromatic carbocycles. The Labute approximate surface area is 310 Å². The molecule has 4 fully saturated rings. The molecule has 5 aliphatic rings. The monoisotopic (exact) mass is 748 g/mol. The summed E-state index contributed by atoms with van der Waals surface area (Å²) in [5.41, 5.74) is -1.35. The minimum absolute atomic E-state index is 0.0705. The van der Waals surface area contributed by atoms with E-state index >= 15 is 8.78 Å². The molecule has 7 heterocycles. The van der Waals surface area contributed by atoms with E-state index in [2.05, 4.69) is 14.8 Å². The molecule has 4 saturated heterocycles. The first-order chi connectivity index (χ1) is 25.9. The highest BCUT2D eigenvalue weighted by Crippen LogP contribution is 2.47. The molecule has 0 unspecified atom stereocenters. The van der Waals surface area contributed by atoms with Crippen LogP contribution in [0.3, 0.4) is 0 Å². The summed E-state index contributed by atoms with van der Waals surface area (Å²) in [4.78, 5) is 33.8. The normalized spacial score (nSPS) is 26.1. The summed E-state index contributed by atoms with van der Waals surface area (Å²) in [6, 6.07) is 6.81. The van der Waals surface area contributed by atoms with Crippen molar-refractivity contribution >= 4 is 33.6 Å². The Kier molecular flexibility index (Phi) is 8.45. The summed E-state index contributed by atoms with van der Waals surface area (Å²) in [6.45, 7) is 7.17. The number of benzene rings is 2. The van der Waals surface area contributed by atoms with Crippen LogP contribution in [0.5, 0.6) is 17.6 Å². The zero-order valence-corrected chi connectivity index (χ0v) is 30.7. The molecule has 5 aliphatic heterocycles. The number of carbonyl (C=O) groups excluding carboxylic acids is 1. The number of hydrogen-bond donors (Lipinski definition) is 0. The molecule has 0 saturated carbocycles. The van der Waals surface area contributed by atoms with E-state index in [0.717, 1.165) is 25.8 Å². The highest BCUT2D eigenvalue weighted by atomic mass is 19.1. The maximum Gasteiger partial charge on any atom is 0.410 e. The first-order valence-electron chi connectivity index (χ1n) is 18.6. The minimum atomic E-state index is -0.960. The standard InChI is InChI=1S/C39H43F3N6O6/c1-38(2,3)54-37(49)48-23-9-10-27(48)28-18-51-35-30-33(31(42)32(43-35)25-14-24(53-20-50-4)13-21-7-5-8-26(41)29(21)25)44-36(45-34(30)47(28)17-23)52-19-39-11-6-12-46(39)16-22(40)15-39/h5,7-8,13-14,22-23,27-28H,6,9-12,15-20H2,1-4H3/t22-,23+,27-,28-,39-/m0/s1. The summed E-state index contributed by atoms with van der Waals surface area (Å²) in [6.07, 6.45) is 2.13. The molecule has 0 N–H and O–H groups in total. The third-order valence-corrected chi connectivity index (χ3v) is 11.5. The van der Waals surface area contributed by atoms with Crippen LogP contribution >= 0.6 is 0 Å². The number of rotatable bonds is 7. The third kappa shape index (κ3) is 5.81. The van der Waals surface area contributed by atoms with Crippen LogP contribution in [-0.2, 0) is 9.47 Å². The second-order valence-corrected chi connectivity index (χ2v) is 16.1. The van der Waals surface area contributed by atoms with Crippen molar-refractivity contribution in [2.75, 3.05) is 51.7 Å². The first kappa shape index (κ1) is 35.1. The Bertz CT molecular complexity index is 2150. The van der Waals surface area contributed by atoms with Gasteiger partial charge < -0.3 is 28.6 Å². The molecule has 5 atom stereocenters. The molecule has 0 aliphatic carbocycles. The molecule has 9 rings (SSSR count). The number of nitrogens with zero attached hydrogens (tertiary/aromatic N) is 6. The molecule has 1 amide bonds. The molecule has 54 heavy (non-hydrogen) atoms. The summed E-state index contributed by atoms with van der Waals surface area (Å²) in [7, 11) is 1.48. The zero-order valence-electron chi connectivity index (χ0n) is 30.7. The minimum Gasteiger partial charge on any atom is -0.475 e. The lowest BCUT2D eigenvalue weighted by atomic mass is 9.95. The van der Waals surface area contributed by atoms with Gasteiger partial charge in [0.25, 0.3) is 0 Å². The van der Waals surface area contributed by atoms with Crippen LogP contribution in [0.15, 0.2) is 30.3 Å². The van der Waals surface area contributed by atoms with Crippen LogP contribution in [0.1, 0.15) is 52.9 Å². The van der Waals surface area contributed by atoms with E-state index in [0.29, 0.717) is 42.9 Å². The number of methoxy groups -OCH3 is 1. The van der Waals surface area contributed by atoms with Crippen molar-refractivity contribution in [1.29, 1.82) is 0 Å². The van der Waals surface area contributed by atoms with Crippen molar-refractivity contribution < 1.29 is 41.7 Å². The Hall–Kier alpha value is -4.63. The lowest BCUT2D eigenvalue weighted by Gasteiger charge is -2.46. The fourth-order valence-electron chi connectivity index (χ4n) is 9.31. The number of ether oxygens (including phenoxy) is 5. The highest BCUT2D eigenvalue weighted by Gasteiger charge is 2.52. The van der Waals surface area contributed by atoms with Gasteiger partial charge >= 0.3 is 12.1 Å². The van der Waals surface area contributed by atoms with Crippen LogP contribution in [0.4, 0.5) is 23.8 Å². The number of anilines is 1. The second kappa shape index (κ2) is 13.0. The van der Waals surface area contributed by atoms with Gasteiger partial charge in [-0.1, -0.05) is 12.1 Å². The highest BCUT2D eigenvalue weighted by molar-refractivity contribution is 6.02.